The van der Waals surface area contributed by atoms with Crippen molar-refractivity contribution in [2.75, 3.05) is 5.08 Å². The van der Waals surface area contributed by atoms with E-state index in [1.54, 1.807) is 23.5 Å². The van der Waals surface area contributed by atoms with Crippen LogP contribution in [0.15, 0.2) is 8.47 Å². The van der Waals surface area contributed by atoms with Crippen molar-refractivity contribution in [2.45, 2.75) is 4.58 Å². The molecule has 2 aliphatic heterocycles. The van der Waals surface area contributed by atoms with Gasteiger partial charge in [0.05, 0.1) is 8.47 Å². The van der Waals surface area contributed by atoms with E-state index < -0.39 is 0 Å². The molecule has 2 heterocycles. The van der Waals surface area contributed by atoms with Crippen LogP contribution in [0.3, 0.4) is 0 Å². The van der Waals surface area contributed by atoms with Crippen LogP contribution >= 0.6 is 47.0 Å². The lowest BCUT2D eigenvalue weighted by molar-refractivity contribution is -0.128. The standard InChI is InChI=1S/C6H4O2S4/c7-1-3(8)4-11-5-6(12-4)10-2-9-5/h1,4H,2H2. The monoisotopic (exact) mass is 236 g/mol. The molecule has 0 N–H and O–H groups in total. The number of aldehydes is 1. The summed E-state index contributed by atoms with van der Waals surface area (Å²) in [5.74, 6) is -0.305. The van der Waals surface area contributed by atoms with E-state index in [2.05, 4.69) is 0 Å². The van der Waals surface area contributed by atoms with Crippen LogP contribution < -0.4 is 0 Å². The lowest BCUT2D eigenvalue weighted by Crippen LogP contribution is -2.11. The minimum atomic E-state index is -0.305. The van der Waals surface area contributed by atoms with E-state index in [0.717, 1.165) is 5.08 Å². The highest BCUT2D eigenvalue weighted by molar-refractivity contribution is 8.43. The van der Waals surface area contributed by atoms with E-state index in [9.17, 15) is 9.59 Å². The SMILES string of the molecule is O=CC(=O)C1SC2=C(SCS2)S1. The minimum Gasteiger partial charge on any atom is -0.295 e. The van der Waals surface area contributed by atoms with Crippen LogP contribution in [0.1, 0.15) is 0 Å². The lowest BCUT2D eigenvalue weighted by atomic mass is 10.5. The van der Waals surface area contributed by atoms with Gasteiger partial charge in [0.15, 0.2) is 6.29 Å². The smallest absolute Gasteiger partial charge is 0.218 e. The Morgan fingerprint density at radius 3 is 2.42 bits per heavy atom. The van der Waals surface area contributed by atoms with Crippen molar-refractivity contribution in [3.8, 4) is 0 Å². The molecule has 0 aromatic rings. The maximum absolute atomic E-state index is 11.0. The molecule has 12 heavy (non-hydrogen) atoms. The molecular weight excluding hydrogens is 232 g/mol. The Labute approximate surface area is 86.7 Å². The third kappa shape index (κ3) is 1.57. The largest absolute Gasteiger partial charge is 0.295 e. The zero-order valence-electron chi connectivity index (χ0n) is 5.81. The van der Waals surface area contributed by atoms with Crippen molar-refractivity contribution in [2.24, 2.45) is 0 Å². The van der Waals surface area contributed by atoms with E-state index in [1.807, 2.05) is 0 Å². The summed E-state index contributed by atoms with van der Waals surface area (Å²) in [6.45, 7) is 0. The zero-order chi connectivity index (χ0) is 8.55. The number of Topliss-reactive ketones (excluding diaryl/α,β-unsaturated/α-hetero) is 1. The Bertz CT molecular complexity index is 257. The van der Waals surface area contributed by atoms with Crippen molar-refractivity contribution in [3.05, 3.63) is 8.47 Å². The van der Waals surface area contributed by atoms with Gasteiger partial charge in [-0.3, -0.25) is 9.59 Å². The number of carbonyl (C=O) groups is 2. The van der Waals surface area contributed by atoms with Crippen molar-refractivity contribution >= 4 is 59.1 Å². The first-order chi connectivity index (χ1) is 5.81. The first-order valence-electron chi connectivity index (χ1n) is 3.13. The van der Waals surface area contributed by atoms with Crippen LogP contribution in [0.5, 0.6) is 0 Å². The Balaban J connectivity index is 2.04. The molecule has 2 rings (SSSR count). The molecule has 0 unspecified atom stereocenters. The Hall–Kier alpha value is 0.480. The molecule has 0 aromatic carbocycles. The third-order valence-corrected chi connectivity index (χ3v) is 7.31. The van der Waals surface area contributed by atoms with Crippen molar-refractivity contribution < 1.29 is 9.59 Å². The highest BCUT2D eigenvalue weighted by Gasteiger charge is 2.34. The summed E-state index contributed by atoms with van der Waals surface area (Å²) in [4.78, 5) is 21.2. The molecule has 6 heteroatoms. The van der Waals surface area contributed by atoms with Gasteiger partial charge in [0.1, 0.15) is 4.58 Å². The number of carbonyl (C=O) groups excluding carboxylic acids is 2. The molecule has 0 saturated carbocycles. The molecule has 2 nitrogen and oxygen atoms in total. The van der Waals surface area contributed by atoms with Gasteiger partial charge in [0, 0.05) is 5.08 Å². The van der Waals surface area contributed by atoms with E-state index in [0.29, 0.717) is 6.29 Å². The van der Waals surface area contributed by atoms with Crippen molar-refractivity contribution in [1.29, 1.82) is 0 Å². The molecule has 0 fully saturated rings. The van der Waals surface area contributed by atoms with E-state index in [-0.39, 0.29) is 10.4 Å². The summed E-state index contributed by atoms with van der Waals surface area (Å²) in [5, 5.41) is 1.05. The van der Waals surface area contributed by atoms with Crippen LogP contribution in [0.25, 0.3) is 0 Å². The molecule has 0 aromatic heterocycles. The summed E-state index contributed by atoms with van der Waals surface area (Å²) in [6.07, 6.45) is 0.419. The molecule has 64 valence electrons. The first-order valence-corrected chi connectivity index (χ1v) is 6.86. The Morgan fingerprint density at radius 2 is 1.92 bits per heavy atom. The molecule has 0 spiro atoms. The van der Waals surface area contributed by atoms with Gasteiger partial charge in [-0.2, -0.15) is 0 Å². The highest BCUT2D eigenvalue weighted by atomic mass is 32.3. The summed E-state index contributed by atoms with van der Waals surface area (Å²) in [5.41, 5.74) is 0. The maximum atomic E-state index is 11.0. The summed E-state index contributed by atoms with van der Waals surface area (Å²) < 4.78 is 2.25. The number of rotatable bonds is 2. The van der Waals surface area contributed by atoms with Gasteiger partial charge in [0.2, 0.25) is 5.78 Å². The molecule has 0 amide bonds. The number of thioether (sulfide) groups is 4. The maximum Gasteiger partial charge on any atom is 0.218 e. The summed E-state index contributed by atoms with van der Waals surface area (Å²) in [7, 11) is 0. The van der Waals surface area contributed by atoms with Crippen LogP contribution in [0.4, 0.5) is 0 Å². The number of hydrogen-bond donors (Lipinski definition) is 0. The number of hydrogen-bond acceptors (Lipinski definition) is 6. The fraction of sp³-hybridized carbons (Fsp3) is 0.333. The first kappa shape index (κ1) is 9.05. The summed E-state index contributed by atoms with van der Waals surface area (Å²) in [6, 6.07) is 0. The van der Waals surface area contributed by atoms with E-state index in [1.165, 1.54) is 32.0 Å². The van der Waals surface area contributed by atoms with Crippen molar-refractivity contribution in [3.63, 3.8) is 0 Å². The number of ketones is 1. The fourth-order valence-electron chi connectivity index (χ4n) is 0.809. The zero-order valence-corrected chi connectivity index (χ0v) is 9.08. The van der Waals surface area contributed by atoms with E-state index in [4.69, 9.17) is 0 Å². The van der Waals surface area contributed by atoms with Gasteiger partial charge < -0.3 is 0 Å². The average molecular weight is 236 g/mol. The minimum absolute atomic E-state index is 0.201. The van der Waals surface area contributed by atoms with Crippen LogP contribution in [0, 0.1) is 0 Å². The van der Waals surface area contributed by atoms with Gasteiger partial charge in [-0.15, -0.1) is 23.5 Å². The third-order valence-electron chi connectivity index (χ3n) is 1.32. The predicted molar refractivity (Wildman–Crippen MR) is 57.1 cm³/mol. The predicted octanol–water partition coefficient (Wildman–Crippen LogP) is 2.12. The average Bonchev–Trinajstić information content (AvgIpc) is 2.60. The van der Waals surface area contributed by atoms with Gasteiger partial charge in [0.25, 0.3) is 0 Å². The second kappa shape index (κ2) is 3.69. The van der Waals surface area contributed by atoms with E-state index >= 15 is 0 Å². The van der Waals surface area contributed by atoms with Gasteiger partial charge in [-0.1, -0.05) is 23.5 Å². The second-order valence-corrected chi connectivity index (χ2v) is 7.45. The van der Waals surface area contributed by atoms with Crippen LogP contribution in [-0.4, -0.2) is 21.7 Å². The molecule has 0 atom stereocenters. The topological polar surface area (TPSA) is 34.1 Å². The Kier molecular flexibility index (Phi) is 2.78. The van der Waals surface area contributed by atoms with Crippen LogP contribution in [-0.2, 0) is 9.59 Å². The molecule has 0 radical (unpaired) electrons. The molecular formula is C6H4O2S4. The molecule has 0 saturated heterocycles. The second-order valence-electron chi connectivity index (χ2n) is 2.07. The molecule has 0 aliphatic carbocycles. The fourth-order valence-corrected chi connectivity index (χ4v) is 7.47. The Morgan fingerprint density at radius 1 is 1.33 bits per heavy atom. The molecule has 2 aliphatic rings. The summed E-state index contributed by atoms with van der Waals surface area (Å²) >= 11 is 6.56. The van der Waals surface area contributed by atoms with Gasteiger partial charge >= 0.3 is 0 Å². The van der Waals surface area contributed by atoms with Crippen LogP contribution in [0.2, 0.25) is 0 Å². The molecule has 0 bridgehead atoms. The lowest BCUT2D eigenvalue weighted by Gasteiger charge is -2.03. The quantitative estimate of drug-likeness (QED) is 0.540. The van der Waals surface area contributed by atoms with Crippen molar-refractivity contribution in [1.82, 2.24) is 0 Å². The highest BCUT2D eigenvalue weighted by Crippen LogP contribution is 2.60. The van der Waals surface area contributed by atoms with Gasteiger partial charge in [-0.05, 0) is 0 Å². The van der Waals surface area contributed by atoms with Gasteiger partial charge in [-0.25, -0.2) is 0 Å². The normalized spacial score (nSPS) is 23.0.